The van der Waals surface area contributed by atoms with Crippen LogP contribution in [0.2, 0.25) is 0 Å². The molecule has 0 bridgehead atoms. The normalized spacial score (nSPS) is 5.33. The number of rotatable bonds is 0. The molecular formula is C2O6Tb. The molecule has 7 heteroatoms. The largest absolute Gasteiger partial charge is 4.00 e. The van der Waals surface area contributed by atoms with Crippen LogP contribution in [0.3, 0.4) is 0 Å². The van der Waals surface area contributed by atoms with Gasteiger partial charge in [-0.15, -0.1) is 0 Å². The van der Waals surface area contributed by atoms with Gasteiger partial charge in [0.1, 0.15) is 0 Å². The van der Waals surface area contributed by atoms with Gasteiger partial charge in [0.2, 0.25) is 0 Å². The van der Waals surface area contributed by atoms with Crippen LogP contribution < -0.4 is 20.4 Å². The van der Waals surface area contributed by atoms with Gasteiger partial charge in [-0.05, 0) is 12.3 Å². The summed E-state index contributed by atoms with van der Waals surface area (Å²) in [6.45, 7) is 0. The molecule has 0 aliphatic heterocycles. The zero-order chi connectivity index (χ0) is 7.15. The van der Waals surface area contributed by atoms with Crippen LogP contribution in [0, 0.1) is 38.6 Å². The van der Waals surface area contributed by atoms with Crippen LogP contribution in [-0.2, 0) is 0 Å². The van der Waals surface area contributed by atoms with Crippen molar-refractivity contribution in [3.05, 3.63) is 0 Å². The number of hydrogen-bond acceptors (Lipinski definition) is 6. The first-order chi connectivity index (χ1) is 3.46. The molecule has 0 N–H and O–H groups in total. The fourth-order valence-corrected chi connectivity index (χ4v) is 0. The van der Waals surface area contributed by atoms with Crippen molar-refractivity contribution < 1.29 is 68.6 Å². The molecule has 0 aliphatic rings. The molecule has 53 valence electrons. The molecule has 0 fully saturated rings. The van der Waals surface area contributed by atoms with Crippen LogP contribution >= 0.6 is 0 Å². The van der Waals surface area contributed by atoms with E-state index in [1.807, 2.05) is 0 Å². The van der Waals surface area contributed by atoms with Crippen LogP contribution in [0.25, 0.3) is 0 Å². The molecule has 0 spiro atoms. The van der Waals surface area contributed by atoms with E-state index in [-0.39, 0.29) is 38.6 Å². The molecule has 0 aromatic rings. The van der Waals surface area contributed by atoms with Crippen molar-refractivity contribution >= 4 is 12.3 Å². The van der Waals surface area contributed by atoms with E-state index in [1.165, 1.54) is 0 Å². The zero-order valence-corrected chi connectivity index (χ0v) is 5.92. The minimum absolute atomic E-state index is 0. The molecule has 0 heterocycles. The van der Waals surface area contributed by atoms with Gasteiger partial charge >= 0.3 is 38.6 Å². The predicted molar refractivity (Wildman–Crippen MR) is 10.8 cm³/mol. The Hall–Kier alpha value is -0.174. The first kappa shape index (κ1) is 15.9. The van der Waals surface area contributed by atoms with E-state index in [9.17, 15) is 0 Å². The Morgan fingerprint density at radius 1 is 0.778 bits per heavy atom. The maximum absolute atomic E-state index is 8.33. The van der Waals surface area contributed by atoms with Gasteiger partial charge < -0.3 is 30.0 Å². The van der Waals surface area contributed by atoms with Gasteiger partial charge in [0.05, 0.1) is 0 Å². The minimum Gasteiger partial charge on any atom is -0.652 e. The third kappa shape index (κ3) is 8740. The van der Waals surface area contributed by atoms with Gasteiger partial charge in [0.25, 0.3) is 0 Å². The van der Waals surface area contributed by atoms with Gasteiger partial charge in [-0.3, -0.25) is 0 Å². The third-order valence-corrected chi connectivity index (χ3v) is 0. The summed E-state index contributed by atoms with van der Waals surface area (Å²) in [6.07, 6.45) is -4.67. The molecule has 1 radical (unpaired) electrons. The van der Waals surface area contributed by atoms with Gasteiger partial charge in [-0.2, -0.15) is 0 Å². The van der Waals surface area contributed by atoms with Crippen LogP contribution in [0.4, 0.5) is 9.59 Å². The summed E-state index contributed by atoms with van der Waals surface area (Å²) in [7, 11) is 0. The fraction of sp³-hybridized carbons (Fsp3) is 0. The van der Waals surface area contributed by atoms with Crippen LogP contribution in [0.15, 0.2) is 0 Å². The fourth-order valence-electron chi connectivity index (χ4n) is 0. The Balaban J connectivity index is -0.0000000720. The molecule has 6 nitrogen and oxygen atoms in total. The van der Waals surface area contributed by atoms with Gasteiger partial charge in [0, 0.05) is 0 Å². The van der Waals surface area contributed by atoms with Gasteiger partial charge in [0.15, 0.2) is 0 Å². The summed E-state index contributed by atoms with van der Waals surface area (Å²) >= 11 is 0. The Morgan fingerprint density at radius 2 is 0.778 bits per heavy atom. The maximum Gasteiger partial charge on any atom is 4.00 e. The van der Waals surface area contributed by atoms with Crippen molar-refractivity contribution in [2.24, 2.45) is 0 Å². The second-order valence-corrected chi connectivity index (χ2v) is 0.500. The van der Waals surface area contributed by atoms with Crippen LogP contribution in [0.5, 0.6) is 0 Å². The molecule has 9 heavy (non-hydrogen) atoms. The summed E-state index contributed by atoms with van der Waals surface area (Å²) in [5.74, 6) is 0. The second-order valence-electron chi connectivity index (χ2n) is 0.500. The first-order valence-corrected chi connectivity index (χ1v) is 1.22. The Bertz CT molecular complexity index is 69.1. The molecule has 0 amide bonds. The quantitative estimate of drug-likeness (QED) is 0.437. The van der Waals surface area contributed by atoms with E-state index >= 15 is 0 Å². The summed E-state index contributed by atoms with van der Waals surface area (Å²) in [5, 5.41) is 33.3. The number of hydrogen-bond donors (Lipinski definition) is 0. The summed E-state index contributed by atoms with van der Waals surface area (Å²) in [4.78, 5) is 16.7. The topological polar surface area (TPSA) is 126 Å². The monoisotopic (exact) mass is 279 g/mol. The minimum atomic E-state index is -2.33. The summed E-state index contributed by atoms with van der Waals surface area (Å²) in [5.41, 5.74) is 0. The van der Waals surface area contributed by atoms with Crippen LogP contribution in [0.1, 0.15) is 0 Å². The first-order valence-electron chi connectivity index (χ1n) is 1.22. The summed E-state index contributed by atoms with van der Waals surface area (Å²) in [6, 6.07) is 0. The SMILES string of the molecule is O=C([O-])[O-].O=C([O-])[O-].[Tb+4]. The van der Waals surface area contributed by atoms with Crippen molar-refractivity contribution in [3.63, 3.8) is 0 Å². The van der Waals surface area contributed by atoms with Crippen molar-refractivity contribution in [2.75, 3.05) is 0 Å². The van der Waals surface area contributed by atoms with Crippen molar-refractivity contribution in [3.8, 4) is 0 Å². The van der Waals surface area contributed by atoms with Gasteiger partial charge in [-0.1, -0.05) is 0 Å². The Morgan fingerprint density at radius 3 is 0.778 bits per heavy atom. The van der Waals surface area contributed by atoms with E-state index in [0.717, 1.165) is 0 Å². The summed E-state index contributed by atoms with van der Waals surface area (Å²) < 4.78 is 0. The average Bonchev–Trinajstić information content (AvgIpc) is 1.25. The van der Waals surface area contributed by atoms with Crippen LogP contribution in [-0.4, -0.2) is 12.3 Å². The average molecular weight is 279 g/mol. The predicted octanol–water partition coefficient (Wildman–Crippen LogP) is -4.89. The van der Waals surface area contributed by atoms with Crippen molar-refractivity contribution in [1.29, 1.82) is 0 Å². The number of carbonyl (C=O) groups is 2. The molecular weight excluding hydrogens is 279 g/mol. The Labute approximate surface area is 80.5 Å². The molecule has 0 aromatic heterocycles. The van der Waals surface area contributed by atoms with E-state index in [1.54, 1.807) is 0 Å². The zero-order valence-electron chi connectivity index (χ0n) is 3.78. The molecule has 0 unspecified atom stereocenters. The second kappa shape index (κ2) is 10.7. The molecule has 0 saturated heterocycles. The standard InChI is InChI=1S/2CH2O3.Tb/c2*2-1(3)4;/h2*(H2,2,3,4);/q;;+4/p-4. The molecule has 0 rings (SSSR count). The molecule has 0 atom stereocenters. The van der Waals surface area contributed by atoms with Gasteiger partial charge in [-0.25, -0.2) is 0 Å². The van der Waals surface area contributed by atoms with E-state index in [0.29, 0.717) is 0 Å². The van der Waals surface area contributed by atoms with E-state index in [2.05, 4.69) is 0 Å². The molecule has 0 aliphatic carbocycles. The van der Waals surface area contributed by atoms with E-state index in [4.69, 9.17) is 30.0 Å². The number of carboxylic acid groups (broad SMARTS) is 4. The molecule has 0 aromatic carbocycles. The maximum atomic E-state index is 8.33. The van der Waals surface area contributed by atoms with E-state index < -0.39 is 12.3 Å². The smallest absolute Gasteiger partial charge is 0.652 e. The van der Waals surface area contributed by atoms with Crippen molar-refractivity contribution in [1.82, 2.24) is 0 Å². The van der Waals surface area contributed by atoms with Crippen molar-refractivity contribution in [2.45, 2.75) is 0 Å². The Kier molecular flexibility index (Phi) is 19.0. The number of carbonyl (C=O) groups excluding carboxylic acids is 2. The molecule has 0 saturated carbocycles. The third-order valence-electron chi connectivity index (χ3n) is 0.